The number of aryl methyl sites for hydroxylation is 1. The molecule has 1 aromatic carbocycles. The lowest BCUT2D eigenvalue weighted by Gasteiger charge is -2.21. The van der Waals surface area contributed by atoms with Crippen LogP contribution in [0, 0.1) is 5.92 Å². The van der Waals surface area contributed by atoms with Gasteiger partial charge in [0.2, 0.25) is 0 Å². The van der Waals surface area contributed by atoms with E-state index in [-0.39, 0.29) is 0 Å². The molecule has 0 amide bonds. The number of rotatable bonds is 5. The maximum atomic E-state index is 5.68. The number of benzene rings is 1. The molecule has 2 aliphatic rings. The maximum absolute atomic E-state index is 5.68. The third-order valence-electron chi connectivity index (χ3n) is 4.25. The first-order valence-electron chi connectivity index (χ1n) is 7.15. The Morgan fingerprint density at radius 1 is 1.37 bits per heavy atom. The largest absolute Gasteiger partial charge is 0.493 e. The first kappa shape index (κ1) is 12.9. The summed E-state index contributed by atoms with van der Waals surface area (Å²) in [6, 6.07) is 6.90. The van der Waals surface area contributed by atoms with Crippen LogP contribution in [0.2, 0.25) is 0 Å². The summed E-state index contributed by atoms with van der Waals surface area (Å²) in [5.41, 5.74) is 5.69. The first-order valence-corrected chi connectivity index (χ1v) is 7.15. The zero-order valence-corrected chi connectivity index (χ0v) is 11.2. The van der Waals surface area contributed by atoms with E-state index in [1.54, 1.807) is 0 Å². The fourth-order valence-corrected chi connectivity index (χ4v) is 3.04. The third kappa shape index (κ3) is 2.91. The molecule has 1 saturated heterocycles. The zero-order valence-electron chi connectivity index (χ0n) is 11.2. The lowest BCUT2D eigenvalue weighted by atomic mass is 9.93. The number of hydrazine groups is 1. The number of ether oxygens (including phenoxy) is 2. The number of hydrogen-bond donors (Lipinski definition) is 2. The second-order valence-corrected chi connectivity index (χ2v) is 5.48. The van der Waals surface area contributed by atoms with E-state index in [9.17, 15) is 0 Å². The SMILES string of the molecule is NNC(CCc1ccc2c(c1)CCO2)C1CCOC1. The Hall–Kier alpha value is -1.10. The Morgan fingerprint density at radius 3 is 3.11 bits per heavy atom. The highest BCUT2D eigenvalue weighted by Gasteiger charge is 2.24. The number of nitrogens with two attached hydrogens (primary N) is 1. The molecule has 0 radical (unpaired) electrons. The minimum atomic E-state index is 0.354. The fraction of sp³-hybridized carbons (Fsp3) is 0.600. The van der Waals surface area contributed by atoms with Gasteiger partial charge in [-0.15, -0.1) is 0 Å². The summed E-state index contributed by atoms with van der Waals surface area (Å²) in [4.78, 5) is 0. The Bertz CT molecular complexity index is 430. The van der Waals surface area contributed by atoms with E-state index in [0.717, 1.165) is 51.3 Å². The summed E-state index contributed by atoms with van der Waals surface area (Å²) < 4.78 is 11.0. The van der Waals surface area contributed by atoms with Crippen LogP contribution in [0.1, 0.15) is 24.0 Å². The van der Waals surface area contributed by atoms with E-state index in [4.69, 9.17) is 15.3 Å². The molecule has 4 nitrogen and oxygen atoms in total. The van der Waals surface area contributed by atoms with Gasteiger partial charge in [0.1, 0.15) is 5.75 Å². The molecule has 0 spiro atoms. The topological polar surface area (TPSA) is 56.5 Å². The van der Waals surface area contributed by atoms with Crippen LogP contribution in [0.25, 0.3) is 0 Å². The van der Waals surface area contributed by atoms with Gasteiger partial charge in [0, 0.05) is 25.0 Å². The van der Waals surface area contributed by atoms with Gasteiger partial charge in [-0.05, 0) is 36.5 Å². The molecule has 4 heteroatoms. The summed E-state index contributed by atoms with van der Waals surface area (Å²) >= 11 is 0. The maximum Gasteiger partial charge on any atom is 0.122 e. The fourth-order valence-electron chi connectivity index (χ4n) is 3.04. The van der Waals surface area contributed by atoms with Crippen molar-refractivity contribution in [1.29, 1.82) is 0 Å². The van der Waals surface area contributed by atoms with Gasteiger partial charge >= 0.3 is 0 Å². The molecule has 104 valence electrons. The van der Waals surface area contributed by atoms with Gasteiger partial charge in [0.05, 0.1) is 13.2 Å². The average molecular weight is 262 g/mol. The third-order valence-corrected chi connectivity index (χ3v) is 4.25. The van der Waals surface area contributed by atoms with Crippen molar-refractivity contribution < 1.29 is 9.47 Å². The van der Waals surface area contributed by atoms with Crippen LogP contribution in [-0.4, -0.2) is 25.9 Å². The summed E-state index contributed by atoms with van der Waals surface area (Å²) in [6.45, 7) is 2.54. The van der Waals surface area contributed by atoms with Gasteiger partial charge in [-0.1, -0.05) is 12.1 Å². The molecule has 3 rings (SSSR count). The minimum absolute atomic E-state index is 0.354. The Kier molecular flexibility index (Phi) is 4.01. The minimum Gasteiger partial charge on any atom is -0.493 e. The standard InChI is InChI=1S/C15H22N2O2/c16-17-14(13-5-7-18-10-13)3-1-11-2-4-15-12(9-11)6-8-19-15/h2,4,9,13-14,17H,1,3,5-8,10,16H2. The summed E-state index contributed by atoms with van der Waals surface area (Å²) in [7, 11) is 0. The Morgan fingerprint density at radius 2 is 2.32 bits per heavy atom. The molecule has 1 fully saturated rings. The highest BCUT2D eigenvalue weighted by atomic mass is 16.5. The molecular weight excluding hydrogens is 240 g/mol. The van der Waals surface area contributed by atoms with E-state index in [2.05, 4.69) is 23.6 Å². The molecule has 2 atom stereocenters. The van der Waals surface area contributed by atoms with Crippen LogP contribution < -0.4 is 16.0 Å². The lowest BCUT2D eigenvalue weighted by Crippen LogP contribution is -2.41. The second kappa shape index (κ2) is 5.90. The monoisotopic (exact) mass is 262 g/mol. The van der Waals surface area contributed by atoms with E-state index in [0.29, 0.717) is 12.0 Å². The predicted octanol–water partition coefficient (Wildman–Crippen LogP) is 1.42. The first-order chi connectivity index (χ1) is 9.36. The molecule has 3 N–H and O–H groups in total. The molecule has 0 saturated carbocycles. The smallest absolute Gasteiger partial charge is 0.122 e. The molecule has 2 aliphatic heterocycles. The number of hydrogen-bond acceptors (Lipinski definition) is 4. The molecular formula is C15H22N2O2. The number of nitrogens with one attached hydrogen (secondary N) is 1. The lowest BCUT2D eigenvalue weighted by molar-refractivity contribution is 0.175. The van der Waals surface area contributed by atoms with Gasteiger partial charge in [-0.3, -0.25) is 11.3 Å². The molecule has 0 aliphatic carbocycles. The highest BCUT2D eigenvalue weighted by Crippen LogP contribution is 2.27. The second-order valence-electron chi connectivity index (χ2n) is 5.48. The molecule has 1 aromatic rings. The van der Waals surface area contributed by atoms with Crippen LogP contribution in [0.15, 0.2) is 18.2 Å². The summed E-state index contributed by atoms with van der Waals surface area (Å²) in [5, 5.41) is 0. The van der Waals surface area contributed by atoms with Crippen molar-refractivity contribution in [3.05, 3.63) is 29.3 Å². The quantitative estimate of drug-likeness (QED) is 0.622. The van der Waals surface area contributed by atoms with Crippen molar-refractivity contribution in [1.82, 2.24) is 5.43 Å². The van der Waals surface area contributed by atoms with Crippen molar-refractivity contribution in [2.45, 2.75) is 31.7 Å². The summed E-state index contributed by atoms with van der Waals surface area (Å²) in [5.74, 6) is 7.30. The van der Waals surface area contributed by atoms with E-state index >= 15 is 0 Å². The van der Waals surface area contributed by atoms with Crippen molar-refractivity contribution in [2.75, 3.05) is 19.8 Å². The van der Waals surface area contributed by atoms with Crippen LogP contribution in [0.5, 0.6) is 5.75 Å². The summed E-state index contributed by atoms with van der Waals surface area (Å²) in [6.07, 6.45) is 4.27. The van der Waals surface area contributed by atoms with Crippen molar-refractivity contribution in [2.24, 2.45) is 11.8 Å². The van der Waals surface area contributed by atoms with Crippen molar-refractivity contribution in [3.8, 4) is 5.75 Å². The van der Waals surface area contributed by atoms with Gasteiger partial charge in [-0.2, -0.15) is 0 Å². The molecule has 19 heavy (non-hydrogen) atoms. The number of fused-ring (bicyclic) bond motifs is 1. The zero-order chi connectivity index (χ0) is 13.1. The Balaban J connectivity index is 1.58. The van der Waals surface area contributed by atoms with Crippen molar-refractivity contribution >= 4 is 0 Å². The van der Waals surface area contributed by atoms with E-state index in [1.807, 2.05) is 0 Å². The predicted molar refractivity (Wildman–Crippen MR) is 74.0 cm³/mol. The molecule has 2 unspecified atom stereocenters. The van der Waals surface area contributed by atoms with Crippen LogP contribution in [0.4, 0.5) is 0 Å². The van der Waals surface area contributed by atoms with Gasteiger partial charge in [0.25, 0.3) is 0 Å². The van der Waals surface area contributed by atoms with Crippen LogP contribution >= 0.6 is 0 Å². The van der Waals surface area contributed by atoms with Crippen molar-refractivity contribution in [3.63, 3.8) is 0 Å². The Labute approximate surface area is 114 Å². The van der Waals surface area contributed by atoms with E-state index < -0.39 is 0 Å². The molecule has 2 heterocycles. The highest BCUT2D eigenvalue weighted by molar-refractivity contribution is 5.39. The average Bonchev–Trinajstić information content (AvgIpc) is 3.10. The van der Waals surface area contributed by atoms with Crippen LogP contribution in [-0.2, 0) is 17.6 Å². The van der Waals surface area contributed by atoms with Gasteiger partial charge in [0.15, 0.2) is 0 Å². The van der Waals surface area contributed by atoms with Crippen LogP contribution in [0.3, 0.4) is 0 Å². The normalized spacial score (nSPS) is 23.1. The molecule has 0 aromatic heterocycles. The molecule has 0 bridgehead atoms. The van der Waals surface area contributed by atoms with Gasteiger partial charge in [-0.25, -0.2) is 0 Å². The van der Waals surface area contributed by atoms with E-state index in [1.165, 1.54) is 11.1 Å². The van der Waals surface area contributed by atoms with Gasteiger partial charge < -0.3 is 9.47 Å².